The van der Waals surface area contributed by atoms with E-state index in [0.29, 0.717) is 17.5 Å². The van der Waals surface area contributed by atoms with Gasteiger partial charge in [0.15, 0.2) is 0 Å². The molecule has 1 rings (SSSR count). The minimum Gasteiger partial charge on any atom is -0.383 e. The second-order valence-electron chi connectivity index (χ2n) is 4.21. The topological polar surface area (TPSA) is 53.1 Å². The molecule has 0 aliphatic heterocycles. The van der Waals surface area contributed by atoms with E-state index in [1.807, 2.05) is 11.6 Å². The summed E-state index contributed by atoms with van der Waals surface area (Å²) in [7, 11) is 1.68. The van der Waals surface area contributed by atoms with E-state index in [2.05, 4.69) is 12.0 Å². The summed E-state index contributed by atoms with van der Waals surface area (Å²) >= 11 is 6.14. The molecule has 4 nitrogen and oxygen atoms in total. The number of methoxy groups -OCH3 is 1. The summed E-state index contributed by atoms with van der Waals surface area (Å²) in [6.45, 7) is 5.48. The summed E-state index contributed by atoms with van der Waals surface area (Å²) in [4.78, 5) is 0. The highest BCUT2D eigenvalue weighted by Gasteiger charge is 2.17. The fraction of sp³-hybridized carbons (Fsp3) is 0.727. The van der Waals surface area contributed by atoms with E-state index in [0.717, 1.165) is 18.7 Å². The fourth-order valence-electron chi connectivity index (χ4n) is 1.89. The molecule has 0 amide bonds. The molecule has 92 valence electrons. The van der Waals surface area contributed by atoms with Crippen LogP contribution in [-0.4, -0.2) is 29.5 Å². The van der Waals surface area contributed by atoms with E-state index >= 15 is 0 Å². The molecular formula is C11H20ClN3O. The minimum absolute atomic E-state index is 0.164. The zero-order valence-electron chi connectivity index (χ0n) is 10.1. The molecule has 2 unspecified atom stereocenters. The van der Waals surface area contributed by atoms with Gasteiger partial charge < -0.3 is 10.5 Å². The largest absolute Gasteiger partial charge is 0.383 e. The van der Waals surface area contributed by atoms with Crippen LogP contribution in [0, 0.1) is 0 Å². The monoisotopic (exact) mass is 245 g/mol. The van der Waals surface area contributed by atoms with Crippen molar-refractivity contribution in [1.82, 2.24) is 9.78 Å². The first kappa shape index (κ1) is 13.5. The van der Waals surface area contributed by atoms with Crippen molar-refractivity contribution in [2.45, 2.75) is 38.8 Å². The van der Waals surface area contributed by atoms with Crippen LogP contribution in [0.2, 0.25) is 5.02 Å². The molecule has 2 N–H and O–H groups in total. The van der Waals surface area contributed by atoms with Gasteiger partial charge in [-0.1, -0.05) is 18.5 Å². The Balaban J connectivity index is 2.79. The van der Waals surface area contributed by atoms with Crippen LogP contribution in [0.1, 0.15) is 31.9 Å². The average Bonchev–Trinajstić information content (AvgIpc) is 2.55. The van der Waals surface area contributed by atoms with Gasteiger partial charge in [-0.15, -0.1) is 0 Å². The molecule has 0 fully saturated rings. The molecule has 0 spiro atoms. The summed E-state index contributed by atoms with van der Waals surface area (Å²) in [5.41, 5.74) is 6.85. The second kappa shape index (κ2) is 6.23. The Bertz CT molecular complexity index is 325. The van der Waals surface area contributed by atoms with Gasteiger partial charge in [0.05, 0.1) is 30.1 Å². The van der Waals surface area contributed by atoms with Crippen molar-refractivity contribution in [3.63, 3.8) is 0 Å². The second-order valence-corrected chi connectivity index (χ2v) is 4.61. The smallest absolute Gasteiger partial charge is 0.0820 e. The zero-order valence-corrected chi connectivity index (χ0v) is 10.9. The molecule has 0 aliphatic rings. The highest BCUT2D eigenvalue weighted by molar-refractivity contribution is 6.31. The maximum absolute atomic E-state index is 6.14. The van der Waals surface area contributed by atoms with Crippen LogP contribution >= 0.6 is 11.6 Å². The Morgan fingerprint density at radius 3 is 2.81 bits per heavy atom. The van der Waals surface area contributed by atoms with E-state index in [1.165, 1.54) is 0 Å². The summed E-state index contributed by atoms with van der Waals surface area (Å²) in [5.74, 6) is 0.312. The quantitative estimate of drug-likeness (QED) is 0.834. The molecule has 0 saturated heterocycles. The van der Waals surface area contributed by atoms with Gasteiger partial charge in [-0.05, 0) is 13.3 Å². The van der Waals surface area contributed by atoms with Gasteiger partial charge >= 0.3 is 0 Å². The molecule has 2 atom stereocenters. The normalized spacial score (nSPS) is 15.1. The molecule has 1 aromatic rings. The van der Waals surface area contributed by atoms with Crippen LogP contribution < -0.4 is 5.73 Å². The van der Waals surface area contributed by atoms with Gasteiger partial charge in [0.25, 0.3) is 0 Å². The summed E-state index contributed by atoms with van der Waals surface area (Å²) in [5, 5.41) is 4.96. The predicted octanol–water partition coefficient (Wildman–Crippen LogP) is 2.02. The number of nitrogens with two attached hydrogens (primary N) is 1. The van der Waals surface area contributed by atoms with Crippen molar-refractivity contribution in [3.05, 3.63) is 16.9 Å². The van der Waals surface area contributed by atoms with E-state index in [-0.39, 0.29) is 6.04 Å². The lowest BCUT2D eigenvalue weighted by Gasteiger charge is -2.16. The molecule has 5 heteroatoms. The lowest BCUT2D eigenvalue weighted by atomic mass is 10.00. The lowest BCUT2D eigenvalue weighted by molar-refractivity contribution is 0.182. The van der Waals surface area contributed by atoms with Crippen LogP contribution in [0.5, 0.6) is 0 Å². The van der Waals surface area contributed by atoms with Crippen LogP contribution in [0.3, 0.4) is 0 Å². The van der Waals surface area contributed by atoms with Crippen molar-refractivity contribution < 1.29 is 4.74 Å². The van der Waals surface area contributed by atoms with Crippen LogP contribution in [0.25, 0.3) is 0 Å². The minimum atomic E-state index is 0.164. The van der Waals surface area contributed by atoms with E-state index in [1.54, 1.807) is 13.3 Å². The SMILES string of the molecule is COCCn1ncc(Cl)c1C(C)CC(C)N. The third-order valence-corrected chi connectivity index (χ3v) is 2.82. The molecular weight excluding hydrogens is 226 g/mol. The first-order valence-corrected chi connectivity index (χ1v) is 5.89. The van der Waals surface area contributed by atoms with Crippen molar-refractivity contribution >= 4 is 11.6 Å². The Labute approximate surface area is 102 Å². The molecule has 0 bridgehead atoms. The Morgan fingerprint density at radius 2 is 2.25 bits per heavy atom. The first-order valence-electron chi connectivity index (χ1n) is 5.52. The first-order chi connectivity index (χ1) is 7.56. The number of hydrogen-bond acceptors (Lipinski definition) is 3. The summed E-state index contributed by atoms with van der Waals surface area (Å²) in [6, 6.07) is 0.164. The van der Waals surface area contributed by atoms with Crippen molar-refractivity contribution in [2.24, 2.45) is 5.73 Å². The zero-order chi connectivity index (χ0) is 12.1. The summed E-state index contributed by atoms with van der Waals surface area (Å²) in [6.07, 6.45) is 2.59. The number of hydrogen-bond donors (Lipinski definition) is 1. The van der Waals surface area contributed by atoms with Gasteiger partial charge in [0.1, 0.15) is 0 Å². The number of aromatic nitrogens is 2. The van der Waals surface area contributed by atoms with Crippen LogP contribution in [0.15, 0.2) is 6.20 Å². The third-order valence-electron chi connectivity index (χ3n) is 2.53. The van der Waals surface area contributed by atoms with Gasteiger partial charge in [-0.3, -0.25) is 4.68 Å². The number of ether oxygens (including phenoxy) is 1. The maximum Gasteiger partial charge on any atom is 0.0820 e. The summed E-state index contributed by atoms with van der Waals surface area (Å²) < 4.78 is 6.94. The fourth-order valence-corrected chi connectivity index (χ4v) is 2.21. The van der Waals surface area contributed by atoms with E-state index in [9.17, 15) is 0 Å². The molecule has 1 aromatic heterocycles. The van der Waals surface area contributed by atoms with Gasteiger partial charge in [0.2, 0.25) is 0 Å². The highest BCUT2D eigenvalue weighted by Crippen LogP contribution is 2.27. The lowest BCUT2D eigenvalue weighted by Crippen LogP contribution is -2.20. The predicted molar refractivity (Wildman–Crippen MR) is 65.8 cm³/mol. The number of halogens is 1. The molecule has 0 aromatic carbocycles. The number of rotatable bonds is 6. The Hall–Kier alpha value is -0.580. The third kappa shape index (κ3) is 3.47. The molecule has 16 heavy (non-hydrogen) atoms. The van der Waals surface area contributed by atoms with Gasteiger partial charge in [0, 0.05) is 19.1 Å². The van der Waals surface area contributed by atoms with Crippen LogP contribution in [-0.2, 0) is 11.3 Å². The Morgan fingerprint density at radius 1 is 1.56 bits per heavy atom. The van der Waals surface area contributed by atoms with E-state index < -0.39 is 0 Å². The molecule has 1 heterocycles. The molecule has 0 aliphatic carbocycles. The van der Waals surface area contributed by atoms with Crippen molar-refractivity contribution in [3.8, 4) is 0 Å². The van der Waals surface area contributed by atoms with Gasteiger partial charge in [-0.2, -0.15) is 5.10 Å². The highest BCUT2D eigenvalue weighted by atomic mass is 35.5. The standard InChI is InChI=1S/C11H20ClN3O/c1-8(6-9(2)13)11-10(12)7-14-15(11)4-5-16-3/h7-9H,4-6,13H2,1-3H3. The van der Waals surface area contributed by atoms with Crippen molar-refractivity contribution in [2.75, 3.05) is 13.7 Å². The number of nitrogens with zero attached hydrogens (tertiary/aromatic N) is 2. The molecule has 0 radical (unpaired) electrons. The van der Waals surface area contributed by atoms with E-state index in [4.69, 9.17) is 22.1 Å². The maximum atomic E-state index is 6.14. The van der Waals surface area contributed by atoms with Crippen molar-refractivity contribution in [1.29, 1.82) is 0 Å². The van der Waals surface area contributed by atoms with Gasteiger partial charge in [-0.25, -0.2) is 0 Å². The average molecular weight is 246 g/mol. The molecule has 0 saturated carbocycles. The van der Waals surface area contributed by atoms with Crippen LogP contribution in [0.4, 0.5) is 0 Å². The Kier molecular flexibility index (Phi) is 5.25.